The van der Waals surface area contributed by atoms with Gasteiger partial charge in [-0.05, 0) is 42.8 Å². The van der Waals surface area contributed by atoms with E-state index in [0.29, 0.717) is 69.8 Å². The highest BCUT2D eigenvalue weighted by molar-refractivity contribution is 5.90. The fourth-order valence-electron chi connectivity index (χ4n) is 5.61. The number of fused-ring (bicyclic) bond motifs is 4. The monoisotopic (exact) mass is 578 g/mol. The number of carbonyl (C=O) groups is 2. The van der Waals surface area contributed by atoms with Crippen LogP contribution < -0.4 is 23.7 Å². The standard InChI is InChI=1S/C32H34O10/c1-17-27(41-18(2)33)22-16-25-28(40-13-12-39-25)29(38-6)26(22)20-14-23(36-4)24(37-5)15-21(20)30(32(17,3)35)42-31(34)19-10-8-7-9-11-19/h7-11,14-17,27,30,35H,12-13H2,1-6H3/t17-,27+,30-,32-/m0/s1. The number of benzene rings is 3. The normalized spacial score (nSPS) is 22.4. The third kappa shape index (κ3) is 4.96. The van der Waals surface area contributed by atoms with E-state index in [1.165, 1.54) is 28.3 Å². The van der Waals surface area contributed by atoms with Crippen LogP contribution in [-0.4, -0.2) is 57.2 Å². The average Bonchev–Trinajstić information content (AvgIpc) is 3.00. The van der Waals surface area contributed by atoms with Crippen molar-refractivity contribution in [1.29, 1.82) is 0 Å². The molecule has 0 saturated carbocycles. The lowest BCUT2D eigenvalue weighted by atomic mass is 9.71. The summed E-state index contributed by atoms with van der Waals surface area (Å²) >= 11 is 0. The van der Waals surface area contributed by atoms with Crippen LogP contribution >= 0.6 is 0 Å². The first-order valence-electron chi connectivity index (χ1n) is 13.5. The summed E-state index contributed by atoms with van der Waals surface area (Å²) in [5, 5.41) is 12.3. The molecule has 0 fully saturated rings. The fourth-order valence-corrected chi connectivity index (χ4v) is 5.61. The van der Waals surface area contributed by atoms with Gasteiger partial charge in [-0.3, -0.25) is 4.79 Å². The van der Waals surface area contributed by atoms with E-state index in [4.69, 9.17) is 33.2 Å². The zero-order valence-corrected chi connectivity index (χ0v) is 24.4. The molecule has 0 saturated heterocycles. The van der Waals surface area contributed by atoms with E-state index < -0.39 is 35.7 Å². The van der Waals surface area contributed by atoms with Gasteiger partial charge in [-0.25, -0.2) is 4.79 Å². The summed E-state index contributed by atoms with van der Waals surface area (Å²) in [7, 11) is 4.49. The molecule has 1 N–H and O–H groups in total. The molecule has 0 amide bonds. The van der Waals surface area contributed by atoms with Gasteiger partial charge in [0.25, 0.3) is 0 Å². The van der Waals surface area contributed by atoms with Crippen LogP contribution in [0, 0.1) is 5.92 Å². The van der Waals surface area contributed by atoms with Crippen molar-refractivity contribution in [2.24, 2.45) is 5.92 Å². The van der Waals surface area contributed by atoms with Crippen molar-refractivity contribution >= 4 is 11.9 Å². The quantitative estimate of drug-likeness (QED) is 0.398. The Bertz CT molecular complexity index is 1500. The van der Waals surface area contributed by atoms with Crippen LogP contribution in [0.1, 0.15) is 54.5 Å². The molecule has 0 aromatic heterocycles. The summed E-state index contributed by atoms with van der Waals surface area (Å²) in [5.41, 5.74) is 0.474. The topological polar surface area (TPSA) is 119 Å². The van der Waals surface area contributed by atoms with Gasteiger partial charge in [-0.2, -0.15) is 0 Å². The second kappa shape index (κ2) is 11.4. The summed E-state index contributed by atoms with van der Waals surface area (Å²) in [6.45, 7) is 5.20. The summed E-state index contributed by atoms with van der Waals surface area (Å²) in [6.07, 6.45) is -2.25. The predicted molar refractivity (Wildman–Crippen MR) is 151 cm³/mol. The molecule has 1 heterocycles. The summed E-state index contributed by atoms with van der Waals surface area (Å²) in [6, 6.07) is 13.6. The van der Waals surface area contributed by atoms with Crippen molar-refractivity contribution in [1.82, 2.24) is 0 Å². The Balaban J connectivity index is 1.87. The Hall–Kier alpha value is -4.44. The summed E-state index contributed by atoms with van der Waals surface area (Å²) in [5.74, 6) is -0.156. The highest BCUT2D eigenvalue weighted by Gasteiger charge is 2.50. The third-order valence-corrected chi connectivity index (χ3v) is 7.87. The van der Waals surface area contributed by atoms with Crippen LogP contribution in [0.15, 0.2) is 48.5 Å². The minimum absolute atomic E-state index is 0.302. The van der Waals surface area contributed by atoms with Gasteiger partial charge in [0.1, 0.15) is 24.9 Å². The maximum absolute atomic E-state index is 13.5. The Morgan fingerprint density at radius 2 is 1.57 bits per heavy atom. The maximum Gasteiger partial charge on any atom is 0.338 e. The van der Waals surface area contributed by atoms with Gasteiger partial charge in [0, 0.05) is 29.5 Å². The fraction of sp³-hybridized carbons (Fsp3) is 0.375. The molecule has 10 heteroatoms. The lowest BCUT2D eigenvalue weighted by Gasteiger charge is -2.43. The van der Waals surface area contributed by atoms with E-state index in [1.54, 1.807) is 62.4 Å². The maximum atomic E-state index is 13.5. The van der Waals surface area contributed by atoms with E-state index >= 15 is 0 Å². The lowest BCUT2D eigenvalue weighted by Crippen LogP contribution is -2.46. The molecule has 0 bridgehead atoms. The molecule has 5 rings (SSSR count). The first kappa shape index (κ1) is 29.1. The van der Waals surface area contributed by atoms with Crippen LogP contribution in [0.5, 0.6) is 28.7 Å². The van der Waals surface area contributed by atoms with Gasteiger partial charge < -0.3 is 38.3 Å². The number of esters is 2. The molecule has 0 radical (unpaired) electrons. The number of ether oxygens (including phenoxy) is 7. The molecule has 222 valence electrons. The predicted octanol–water partition coefficient (Wildman–Crippen LogP) is 5.05. The van der Waals surface area contributed by atoms with E-state index in [9.17, 15) is 14.7 Å². The van der Waals surface area contributed by atoms with E-state index in [0.717, 1.165) is 0 Å². The number of methoxy groups -OCH3 is 3. The smallest absolute Gasteiger partial charge is 0.338 e. The largest absolute Gasteiger partial charge is 0.493 e. The summed E-state index contributed by atoms with van der Waals surface area (Å²) < 4.78 is 41.1. The summed E-state index contributed by atoms with van der Waals surface area (Å²) in [4.78, 5) is 26.0. The van der Waals surface area contributed by atoms with Gasteiger partial charge >= 0.3 is 11.9 Å². The molecule has 1 aliphatic heterocycles. The van der Waals surface area contributed by atoms with Crippen molar-refractivity contribution in [3.63, 3.8) is 0 Å². The highest BCUT2D eigenvalue weighted by atomic mass is 16.6. The molecule has 4 atom stereocenters. The Morgan fingerprint density at radius 1 is 0.905 bits per heavy atom. The van der Waals surface area contributed by atoms with Gasteiger partial charge in [0.05, 0.1) is 26.9 Å². The second-order valence-corrected chi connectivity index (χ2v) is 10.4. The van der Waals surface area contributed by atoms with Crippen LogP contribution in [0.25, 0.3) is 11.1 Å². The van der Waals surface area contributed by atoms with E-state index in [2.05, 4.69) is 0 Å². The molecule has 2 aliphatic rings. The third-order valence-electron chi connectivity index (χ3n) is 7.87. The first-order chi connectivity index (χ1) is 20.1. The molecule has 1 aliphatic carbocycles. The van der Waals surface area contributed by atoms with Gasteiger partial charge in [-0.1, -0.05) is 25.1 Å². The lowest BCUT2D eigenvalue weighted by molar-refractivity contribution is -0.166. The van der Waals surface area contributed by atoms with Crippen molar-refractivity contribution in [2.45, 2.75) is 38.6 Å². The van der Waals surface area contributed by atoms with Crippen LogP contribution in [0.2, 0.25) is 0 Å². The first-order valence-corrected chi connectivity index (χ1v) is 13.5. The Labute approximate surface area is 244 Å². The molecule has 3 aromatic carbocycles. The molecule has 42 heavy (non-hydrogen) atoms. The second-order valence-electron chi connectivity index (χ2n) is 10.4. The molecule has 0 unspecified atom stereocenters. The van der Waals surface area contributed by atoms with Crippen molar-refractivity contribution in [3.05, 3.63) is 65.2 Å². The van der Waals surface area contributed by atoms with E-state index in [1.807, 2.05) is 0 Å². The number of rotatable bonds is 6. The molecule has 10 nitrogen and oxygen atoms in total. The van der Waals surface area contributed by atoms with Gasteiger partial charge in [0.2, 0.25) is 5.75 Å². The molecule has 3 aromatic rings. The Kier molecular flexibility index (Phi) is 7.92. The van der Waals surface area contributed by atoms with Crippen molar-refractivity contribution in [2.75, 3.05) is 34.5 Å². The Morgan fingerprint density at radius 3 is 2.21 bits per heavy atom. The molecular formula is C32H34O10. The number of hydrogen-bond acceptors (Lipinski definition) is 10. The van der Waals surface area contributed by atoms with Crippen LogP contribution in [0.4, 0.5) is 0 Å². The highest BCUT2D eigenvalue weighted by Crippen LogP contribution is 2.57. The zero-order chi connectivity index (χ0) is 30.2. The number of carbonyl (C=O) groups excluding carboxylic acids is 2. The minimum Gasteiger partial charge on any atom is -0.493 e. The van der Waals surface area contributed by atoms with E-state index in [-0.39, 0.29) is 0 Å². The minimum atomic E-state index is -1.77. The zero-order valence-electron chi connectivity index (χ0n) is 24.4. The molecule has 0 spiro atoms. The van der Waals surface area contributed by atoms with Crippen LogP contribution in [0.3, 0.4) is 0 Å². The average molecular weight is 579 g/mol. The SMILES string of the molecule is COc1cc2c(cc1OC)[C@H](OC(=O)c1ccccc1)[C@@](C)(O)[C@@H](C)[C@@H](OC(C)=O)c1cc3c(c(OC)c1-2)OCCO3. The van der Waals surface area contributed by atoms with Crippen molar-refractivity contribution < 1.29 is 47.9 Å². The van der Waals surface area contributed by atoms with Crippen molar-refractivity contribution in [3.8, 4) is 39.9 Å². The number of aliphatic hydroxyl groups is 1. The molecular weight excluding hydrogens is 544 g/mol. The number of hydrogen-bond donors (Lipinski definition) is 1. The van der Waals surface area contributed by atoms with Gasteiger partial charge in [-0.15, -0.1) is 0 Å². The van der Waals surface area contributed by atoms with Crippen LogP contribution in [-0.2, 0) is 14.3 Å². The van der Waals surface area contributed by atoms with Gasteiger partial charge in [0.15, 0.2) is 29.1 Å².